The van der Waals surface area contributed by atoms with Gasteiger partial charge in [0.05, 0.1) is 5.60 Å². The lowest BCUT2D eigenvalue weighted by molar-refractivity contribution is -0.0629. The van der Waals surface area contributed by atoms with Crippen molar-refractivity contribution < 1.29 is 4.74 Å². The summed E-state index contributed by atoms with van der Waals surface area (Å²) in [4.78, 5) is 0. The zero-order valence-electron chi connectivity index (χ0n) is 16.2. The van der Waals surface area contributed by atoms with Gasteiger partial charge in [-0.05, 0) is 62.7 Å². The quantitative estimate of drug-likeness (QED) is 0.410. The van der Waals surface area contributed by atoms with Crippen molar-refractivity contribution in [3.8, 4) is 0 Å². The molecule has 0 aromatic carbocycles. The van der Waals surface area contributed by atoms with Crippen molar-refractivity contribution in [1.82, 2.24) is 0 Å². The minimum Gasteiger partial charge on any atom is -0.378 e. The van der Waals surface area contributed by atoms with Crippen molar-refractivity contribution in [1.29, 1.82) is 0 Å². The molecule has 0 aromatic rings. The Bertz CT molecular complexity index is 295. The smallest absolute Gasteiger partial charge is 0.0678 e. The highest BCUT2D eigenvalue weighted by atomic mass is 16.5. The number of unbranched alkanes of at least 4 members (excludes halogenated alkanes) is 3. The Kier molecular flexibility index (Phi) is 8.44. The van der Waals surface area contributed by atoms with Gasteiger partial charge in [0.2, 0.25) is 0 Å². The summed E-state index contributed by atoms with van der Waals surface area (Å²) in [7, 11) is 1.94. The molecule has 0 amide bonds. The first-order chi connectivity index (χ1) is 11.2. The molecule has 0 saturated heterocycles. The fraction of sp³-hybridized carbons (Fsp3) is 1.00. The molecular formula is C22H42O. The molecule has 0 atom stereocenters. The van der Waals surface area contributed by atoms with Crippen LogP contribution in [0, 0.1) is 17.8 Å². The van der Waals surface area contributed by atoms with Crippen LogP contribution in [0.25, 0.3) is 0 Å². The predicted octanol–water partition coefficient (Wildman–Crippen LogP) is 7.14. The summed E-state index contributed by atoms with van der Waals surface area (Å²) in [6.45, 7) is 4.61. The Morgan fingerprint density at radius 2 is 1.43 bits per heavy atom. The average Bonchev–Trinajstić information content (AvgIpc) is 2.60. The molecule has 0 aliphatic heterocycles. The summed E-state index contributed by atoms with van der Waals surface area (Å²) >= 11 is 0. The molecule has 23 heavy (non-hydrogen) atoms. The van der Waals surface area contributed by atoms with Gasteiger partial charge in [-0.15, -0.1) is 0 Å². The van der Waals surface area contributed by atoms with Gasteiger partial charge in [0.25, 0.3) is 0 Å². The highest BCUT2D eigenvalue weighted by Gasteiger charge is 2.37. The molecule has 2 rings (SSSR count). The first-order valence-electron chi connectivity index (χ1n) is 10.8. The summed E-state index contributed by atoms with van der Waals surface area (Å²) in [6.07, 6.45) is 21.4. The van der Waals surface area contributed by atoms with E-state index in [1.165, 1.54) is 96.3 Å². The first-order valence-corrected chi connectivity index (χ1v) is 10.8. The van der Waals surface area contributed by atoms with Crippen LogP contribution in [0.5, 0.6) is 0 Å². The normalized spacial score (nSPS) is 35.3. The van der Waals surface area contributed by atoms with E-state index in [1.54, 1.807) is 0 Å². The highest BCUT2D eigenvalue weighted by molar-refractivity contribution is 4.90. The molecule has 0 N–H and O–H groups in total. The molecule has 2 saturated carbocycles. The molecule has 0 heterocycles. The minimum atomic E-state index is 0.238. The number of methoxy groups -OCH3 is 1. The molecule has 2 aliphatic rings. The molecule has 1 heteroatoms. The second-order valence-electron chi connectivity index (χ2n) is 8.60. The van der Waals surface area contributed by atoms with Crippen molar-refractivity contribution in [2.45, 2.75) is 116 Å². The summed E-state index contributed by atoms with van der Waals surface area (Å²) < 4.78 is 5.94. The van der Waals surface area contributed by atoms with E-state index in [2.05, 4.69) is 13.8 Å². The largest absolute Gasteiger partial charge is 0.378 e. The SMILES string of the molecule is CCCCCCC1CCC(C2CCC(CCC)(OC)CC2)CC1. The van der Waals surface area contributed by atoms with Crippen molar-refractivity contribution in [3.63, 3.8) is 0 Å². The Labute approximate surface area is 146 Å². The van der Waals surface area contributed by atoms with Crippen LogP contribution in [0.1, 0.15) is 110 Å². The van der Waals surface area contributed by atoms with Gasteiger partial charge in [0.15, 0.2) is 0 Å². The van der Waals surface area contributed by atoms with Gasteiger partial charge < -0.3 is 4.74 Å². The van der Waals surface area contributed by atoms with E-state index in [1.807, 2.05) is 7.11 Å². The molecular weight excluding hydrogens is 280 g/mol. The van der Waals surface area contributed by atoms with Crippen molar-refractivity contribution in [3.05, 3.63) is 0 Å². The minimum absolute atomic E-state index is 0.238. The maximum atomic E-state index is 5.94. The van der Waals surface area contributed by atoms with E-state index in [4.69, 9.17) is 4.74 Å². The maximum Gasteiger partial charge on any atom is 0.0678 e. The standard InChI is InChI=1S/C22H42O/c1-4-6-7-8-9-19-10-12-20(13-11-19)21-14-17-22(23-3,16-5-2)18-15-21/h19-21H,4-18H2,1-3H3. The number of hydrogen-bond acceptors (Lipinski definition) is 1. The van der Waals surface area contributed by atoms with Gasteiger partial charge >= 0.3 is 0 Å². The van der Waals surface area contributed by atoms with Gasteiger partial charge in [0.1, 0.15) is 0 Å². The fourth-order valence-corrected chi connectivity index (χ4v) is 5.46. The maximum absolute atomic E-state index is 5.94. The zero-order chi connectivity index (χ0) is 16.5. The molecule has 2 aliphatic carbocycles. The Morgan fingerprint density at radius 1 is 0.783 bits per heavy atom. The number of rotatable bonds is 9. The lowest BCUT2D eigenvalue weighted by Crippen LogP contribution is -2.38. The van der Waals surface area contributed by atoms with Crippen molar-refractivity contribution in [2.75, 3.05) is 7.11 Å². The number of hydrogen-bond donors (Lipinski definition) is 0. The first kappa shape index (κ1) is 19.3. The predicted molar refractivity (Wildman–Crippen MR) is 101 cm³/mol. The van der Waals surface area contributed by atoms with E-state index in [-0.39, 0.29) is 5.60 Å². The molecule has 0 aromatic heterocycles. The monoisotopic (exact) mass is 322 g/mol. The molecule has 0 spiro atoms. The van der Waals surface area contributed by atoms with Crippen LogP contribution in [0.4, 0.5) is 0 Å². The summed E-state index contributed by atoms with van der Waals surface area (Å²) in [5, 5.41) is 0. The number of ether oxygens (including phenoxy) is 1. The average molecular weight is 323 g/mol. The van der Waals surface area contributed by atoms with Crippen LogP contribution in [-0.2, 0) is 4.74 Å². The lowest BCUT2D eigenvalue weighted by atomic mass is 9.67. The topological polar surface area (TPSA) is 9.23 Å². The van der Waals surface area contributed by atoms with Crippen LogP contribution in [0.15, 0.2) is 0 Å². The fourth-order valence-electron chi connectivity index (χ4n) is 5.46. The van der Waals surface area contributed by atoms with Crippen LogP contribution in [-0.4, -0.2) is 12.7 Å². The third-order valence-corrected chi connectivity index (χ3v) is 7.10. The van der Waals surface area contributed by atoms with E-state index < -0.39 is 0 Å². The highest BCUT2D eigenvalue weighted by Crippen LogP contribution is 2.45. The van der Waals surface area contributed by atoms with E-state index in [0.29, 0.717) is 0 Å². The molecule has 136 valence electrons. The van der Waals surface area contributed by atoms with E-state index in [0.717, 1.165) is 17.8 Å². The van der Waals surface area contributed by atoms with Crippen LogP contribution in [0.2, 0.25) is 0 Å². The van der Waals surface area contributed by atoms with Crippen molar-refractivity contribution >= 4 is 0 Å². The lowest BCUT2D eigenvalue weighted by Gasteiger charge is -2.43. The zero-order valence-corrected chi connectivity index (χ0v) is 16.2. The van der Waals surface area contributed by atoms with Gasteiger partial charge in [-0.1, -0.05) is 65.2 Å². The van der Waals surface area contributed by atoms with E-state index in [9.17, 15) is 0 Å². The second-order valence-corrected chi connectivity index (χ2v) is 8.60. The summed E-state index contributed by atoms with van der Waals surface area (Å²) in [6, 6.07) is 0. The summed E-state index contributed by atoms with van der Waals surface area (Å²) in [5.74, 6) is 3.11. The van der Waals surface area contributed by atoms with Gasteiger partial charge in [-0.25, -0.2) is 0 Å². The summed E-state index contributed by atoms with van der Waals surface area (Å²) in [5.41, 5.74) is 0.238. The van der Waals surface area contributed by atoms with Gasteiger partial charge in [-0.2, -0.15) is 0 Å². The van der Waals surface area contributed by atoms with Crippen molar-refractivity contribution in [2.24, 2.45) is 17.8 Å². The van der Waals surface area contributed by atoms with Crippen LogP contribution >= 0.6 is 0 Å². The van der Waals surface area contributed by atoms with Crippen LogP contribution < -0.4 is 0 Å². The van der Waals surface area contributed by atoms with Gasteiger partial charge in [-0.3, -0.25) is 0 Å². The molecule has 0 radical (unpaired) electrons. The third kappa shape index (κ3) is 5.76. The second kappa shape index (κ2) is 10.1. The molecule has 0 bridgehead atoms. The molecule has 2 fully saturated rings. The Balaban J connectivity index is 1.66. The van der Waals surface area contributed by atoms with E-state index >= 15 is 0 Å². The molecule has 0 unspecified atom stereocenters. The Hall–Kier alpha value is -0.0400. The van der Waals surface area contributed by atoms with Gasteiger partial charge in [0, 0.05) is 7.11 Å². The molecule has 1 nitrogen and oxygen atoms in total. The third-order valence-electron chi connectivity index (χ3n) is 7.10. The Morgan fingerprint density at radius 3 is 2.00 bits per heavy atom. The van der Waals surface area contributed by atoms with Crippen LogP contribution in [0.3, 0.4) is 0 Å².